The number of nitrogens with zero attached hydrogens (tertiary/aromatic N) is 5. The van der Waals surface area contributed by atoms with Gasteiger partial charge in [-0.05, 0) is 13.0 Å². The summed E-state index contributed by atoms with van der Waals surface area (Å²) in [6, 6.07) is 1.80. The first-order valence-corrected chi connectivity index (χ1v) is 5.25. The average molecular weight is 221 g/mol. The monoisotopic (exact) mass is 221 g/mol. The van der Waals surface area contributed by atoms with Crippen LogP contribution in [0.4, 0.5) is 0 Å². The number of aliphatic hydroxyl groups excluding tert-OH is 1. The molecule has 0 aliphatic rings. The van der Waals surface area contributed by atoms with Crippen LogP contribution in [-0.2, 0) is 20.0 Å². The molecule has 1 N–H and O–H groups in total. The quantitative estimate of drug-likeness (QED) is 0.806. The van der Waals surface area contributed by atoms with Crippen LogP contribution in [0.25, 0.3) is 0 Å². The van der Waals surface area contributed by atoms with Crippen LogP contribution in [0.15, 0.2) is 18.6 Å². The normalized spacial score (nSPS) is 12.9. The molecule has 86 valence electrons. The summed E-state index contributed by atoms with van der Waals surface area (Å²) in [5.74, 6) is 0.778. The van der Waals surface area contributed by atoms with Gasteiger partial charge in [0.1, 0.15) is 18.3 Å². The molecule has 2 aromatic rings. The minimum atomic E-state index is -0.629. The van der Waals surface area contributed by atoms with Crippen LogP contribution in [0.3, 0.4) is 0 Å². The Labute approximate surface area is 93.5 Å². The molecule has 1 unspecified atom stereocenters. The second-order valence-corrected chi connectivity index (χ2v) is 3.63. The molecular formula is C10H15N5O. The zero-order chi connectivity index (χ0) is 11.5. The van der Waals surface area contributed by atoms with Crippen LogP contribution < -0.4 is 0 Å². The molecule has 2 rings (SSSR count). The fraction of sp³-hybridized carbons (Fsp3) is 0.500. The molecule has 0 saturated heterocycles. The smallest absolute Gasteiger partial charge is 0.138 e. The summed E-state index contributed by atoms with van der Waals surface area (Å²) >= 11 is 0. The van der Waals surface area contributed by atoms with Gasteiger partial charge in [-0.2, -0.15) is 10.2 Å². The summed E-state index contributed by atoms with van der Waals surface area (Å²) in [5, 5.41) is 18.2. The van der Waals surface area contributed by atoms with Crippen LogP contribution in [0, 0.1) is 0 Å². The fourth-order valence-corrected chi connectivity index (χ4v) is 1.60. The van der Waals surface area contributed by atoms with E-state index in [-0.39, 0.29) is 0 Å². The van der Waals surface area contributed by atoms with Crippen LogP contribution in [0.5, 0.6) is 0 Å². The molecule has 1 atom stereocenters. The highest BCUT2D eigenvalue weighted by atomic mass is 16.3. The summed E-state index contributed by atoms with van der Waals surface area (Å²) < 4.78 is 3.44. The number of hydrogen-bond donors (Lipinski definition) is 1. The second kappa shape index (κ2) is 4.44. The van der Waals surface area contributed by atoms with Gasteiger partial charge in [-0.3, -0.25) is 9.36 Å². The Morgan fingerprint density at radius 3 is 2.94 bits per heavy atom. The molecule has 6 nitrogen and oxygen atoms in total. The van der Waals surface area contributed by atoms with Gasteiger partial charge in [-0.15, -0.1) is 0 Å². The van der Waals surface area contributed by atoms with E-state index in [9.17, 15) is 5.11 Å². The van der Waals surface area contributed by atoms with E-state index in [1.807, 2.05) is 20.2 Å². The topological polar surface area (TPSA) is 68.8 Å². The molecule has 2 heterocycles. The summed E-state index contributed by atoms with van der Waals surface area (Å²) in [4.78, 5) is 4.12. The van der Waals surface area contributed by atoms with Crippen LogP contribution in [-0.4, -0.2) is 29.7 Å². The van der Waals surface area contributed by atoms with Gasteiger partial charge >= 0.3 is 0 Å². The Bertz CT molecular complexity index is 461. The SMILES string of the molecule is CCn1ncnc1CC(O)c1ccn(C)n1. The van der Waals surface area contributed by atoms with E-state index in [4.69, 9.17) is 0 Å². The highest BCUT2D eigenvalue weighted by molar-refractivity contribution is 5.05. The molecule has 16 heavy (non-hydrogen) atoms. The van der Waals surface area contributed by atoms with Crippen LogP contribution in [0.2, 0.25) is 0 Å². The van der Waals surface area contributed by atoms with E-state index in [2.05, 4.69) is 15.2 Å². The lowest BCUT2D eigenvalue weighted by Gasteiger charge is -2.07. The Morgan fingerprint density at radius 1 is 1.50 bits per heavy atom. The summed E-state index contributed by atoms with van der Waals surface area (Å²) in [5.41, 5.74) is 0.660. The molecule has 0 aliphatic carbocycles. The van der Waals surface area contributed by atoms with Gasteiger partial charge in [0.2, 0.25) is 0 Å². The zero-order valence-electron chi connectivity index (χ0n) is 9.41. The first kappa shape index (κ1) is 10.8. The predicted molar refractivity (Wildman–Crippen MR) is 57.6 cm³/mol. The molecule has 0 aromatic carbocycles. The Hall–Kier alpha value is -1.69. The van der Waals surface area contributed by atoms with Crippen LogP contribution >= 0.6 is 0 Å². The lowest BCUT2D eigenvalue weighted by Crippen LogP contribution is -2.10. The van der Waals surface area contributed by atoms with Crippen LogP contribution in [0.1, 0.15) is 24.5 Å². The van der Waals surface area contributed by atoms with Crippen molar-refractivity contribution >= 4 is 0 Å². The fourth-order valence-electron chi connectivity index (χ4n) is 1.60. The molecule has 2 aromatic heterocycles. The highest BCUT2D eigenvalue weighted by Gasteiger charge is 2.14. The summed E-state index contributed by atoms with van der Waals surface area (Å²) in [6.07, 6.45) is 3.12. The Balaban J connectivity index is 2.10. The molecule has 0 radical (unpaired) electrons. The van der Waals surface area contributed by atoms with Crippen molar-refractivity contribution in [1.82, 2.24) is 24.5 Å². The zero-order valence-corrected chi connectivity index (χ0v) is 9.41. The number of aromatic nitrogens is 5. The maximum Gasteiger partial charge on any atom is 0.138 e. The Morgan fingerprint density at radius 2 is 2.31 bits per heavy atom. The third-order valence-corrected chi connectivity index (χ3v) is 2.45. The summed E-state index contributed by atoms with van der Waals surface area (Å²) in [7, 11) is 1.82. The third-order valence-electron chi connectivity index (χ3n) is 2.45. The molecule has 0 fully saturated rings. The van der Waals surface area contributed by atoms with Crippen molar-refractivity contribution in [2.75, 3.05) is 0 Å². The Kier molecular flexibility index (Phi) is 3.00. The van der Waals surface area contributed by atoms with Crippen molar-refractivity contribution in [3.8, 4) is 0 Å². The van der Waals surface area contributed by atoms with Crippen molar-refractivity contribution in [2.24, 2.45) is 7.05 Å². The lowest BCUT2D eigenvalue weighted by molar-refractivity contribution is 0.168. The number of hydrogen-bond acceptors (Lipinski definition) is 4. The van der Waals surface area contributed by atoms with E-state index < -0.39 is 6.10 Å². The third kappa shape index (κ3) is 2.11. The molecule has 0 bridgehead atoms. The van der Waals surface area contributed by atoms with Gasteiger partial charge in [-0.25, -0.2) is 4.98 Å². The van der Waals surface area contributed by atoms with Crippen molar-refractivity contribution in [1.29, 1.82) is 0 Å². The maximum atomic E-state index is 9.97. The van der Waals surface area contributed by atoms with E-state index >= 15 is 0 Å². The van der Waals surface area contributed by atoms with Gasteiger partial charge in [-0.1, -0.05) is 0 Å². The number of aliphatic hydroxyl groups is 1. The molecule has 0 aliphatic heterocycles. The average Bonchev–Trinajstić information content (AvgIpc) is 2.86. The first-order valence-electron chi connectivity index (χ1n) is 5.25. The molecule has 6 heteroatoms. The van der Waals surface area contributed by atoms with E-state index in [1.54, 1.807) is 15.4 Å². The van der Waals surface area contributed by atoms with Gasteiger partial charge in [0.05, 0.1) is 5.69 Å². The lowest BCUT2D eigenvalue weighted by atomic mass is 10.2. The van der Waals surface area contributed by atoms with Gasteiger partial charge in [0, 0.05) is 26.2 Å². The molecule has 0 amide bonds. The van der Waals surface area contributed by atoms with E-state index in [0.29, 0.717) is 12.1 Å². The van der Waals surface area contributed by atoms with Crippen molar-refractivity contribution in [3.63, 3.8) is 0 Å². The minimum absolute atomic E-state index is 0.435. The predicted octanol–water partition coefficient (Wildman–Crippen LogP) is 0.308. The summed E-state index contributed by atoms with van der Waals surface area (Å²) in [6.45, 7) is 2.75. The molecular weight excluding hydrogens is 206 g/mol. The van der Waals surface area contributed by atoms with Crippen molar-refractivity contribution in [3.05, 3.63) is 30.1 Å². The van der Waals surface area contributed by atoms with Gasteiger partial charge in [0.15, 0.2) is 0 Å². The van der Waals surface area contributed by atoms with Crippen molar-refractivity contribution < 1.29 is 5.11 Å². The van der Waals surface area contributed by atoms with E-state index in [1.165, 1.54) is 6.33 Å². The molecule has 0 spiro atoms. The van der Waals surface area contributed by atoms with E-state index in [0.717, 1.165) is 12.4 Å². The highest BCUT2D eigenvalue weighted by Crippen LogP contribution is 2.14. The van der Waals surface area contributed by atoms with Gasteiger partial charge < -0.3 is 5.11 Å². The maximum absolute atomic E-state index is 9.97. The minimum Gasteiger partial charge on any atom is -0.386 e. The second-order valence-electron chi connectivity index (χ2n) is 3.63. The molecule has 0 saturated carbocycles. The number of rotatable bonds is 4. The first-order chi connectivity index (χ1) is 7.70. The van der Waals surface area contributed by atoms with Crippen molar-refractivity contribution in [2.45, 2.75) is 26.0 Å². The van der Waals surface area contributed by atoms with Gasteiger partial charge in [0.25, 0.3) is 0 Å². The standard InChI is InChI=1S/C10H15N5O/c1-3-15-10(11-7-12-15)6-9(16)8-4-5-14(2)13-8/h4-5,7,9,16H,3,6H2,1-2H3. The number of aryl methyl sites for hydroxylation is 2. The largest absolute Gasteiger partial charge is 0.386 e.